The van der Waals surface area contributed by atoms with Gasteiger partial charge in [0.05, 0.1) is 5.69 Å². The van der Waals surface area contributed by atoms with E-state index in [0.717, 1.165) is 4.90 Å². The van der Waals surface area contributed by atoms with Gasteiger partial charge >= 0.3 is 6.03 Å². The van der Waals surface area contributed by atoms with Crippen LogP contribution in [0.15, 0.2) is 24.3 Å². The highest BCUT2D eigenvalue weighted by atomic mass is 16.2. The molecule has 2 aliphatic heterocycles. The lowest BCUT2D eigenvalue weighted by molar-refractivity contribution is -0.135. The van der Waals surface area contributed by atoms with Crippen LogP contribution in [0, 0.1) is 0 Å². The van der Waals surface area contributed by atoms with E-state index >= 15 is 0 Å². The Morgan fingerprint density at radius 2 is 1.89 bits per heavy atom. The molecule has 8 nitrogen and oxygen atoms in total. The number of hydrogen-bond donors (Lipinski definition) is 1. The van der Waals surface area contributed by atoms with Gasteiger partial charge in [-0.05, 0) is 44.9 Å². The molecule has 8 heteroatoms. The molecule has 0 saturated carbocycles. The largest absolute Gasteiger partial charge is 0.341 e. The van der Waals surface area contributed by atoms with Gasteiger partial charge in [-0.25, -0.2) is 9.69 Å². The van der Waals surface area contributed by atoms with Crippen molar-refractivity contribution >= 4 is 35.1 Å². The van der Waals surface area contributed by atoms with Gasteiger partial charge in [0.1, 0.15) is 12.1 Å². The number of nitrogens with zero attached hydrogens (tertiary/aromatic N) is 3. The molecule has 0 spiro atoms. The molecule has 144 valence electrons. The molecule has 0 radical (unpaired) electrons. The number of likely N-dealkylation sites (N-methyl/N-ethyl adjacent to an activating group) is 1. The number of hydrogen-bond acceptors (Lipinski definition) is 4. The van der Waals surface area contributed by atoms with E-state index in [0.29, 0.717) is 37.3 Å². The van der Waals surface area contributed by atoms with E-state index in [1.54, 1.807) is 29.2 Å². The number of carbonyl (C=O) groups is 4. The lowest BCUT2D eigenvalue weighted by atomic mass is 10.1. The third kappa shape index (κ3) is 3.27. The van der Waals surface area contributed by atoms with Gasteiger partial charge in [-0.1, -0.05) is 6.07 Å². The third-order valence-electron chi connectivity index (χ3n) is 5.09. The number of nitrogens with one attached hydrogen (secondary N) is 1. The van der Waals surface area contributed by atoms with Crippen LogP contribution in [0.4, 0.5) is 16.2 Å². The quantitative estimate of drug-likeness (QED) is 0.798. The summed E-state index contributed by atoms with van der Waals surface area (Å²) >= 11 is 0. The van der Waals surface area contributed by atoms with Crippen LogP contribution in [0.2, 0.25) is 0 Å². The first-order chi connectivity index (χ1) is 12.9. The van der Waals surface area contributed by atoms with Crippen LogP contribution in [-0.4, -0.2) is 58.7 Å². The fraction of sp³-hybridized carbons (Fsp3) is 0.474. The molecule has 3 rings (SSSR count). The molecule has 5 amide bonds. The second-order valence-electron chi connectivity index (χ2n) is 6.71. The Labute approximate surface area is 158 Å². The van der Waals surface area contributed by atoms with Gasteiger partial charge in [0.15, 0.2) is 0 Å². The topological polar surface area (TPSA) is 90.0 Å². The number of anilines is 2. The molecule has 0 bridgehead atoms. The predicted molar refractivity (Wildman–Crippen MR) is 100 cm³/mol. The van der Waals surface area contributed by atoms with Gasteiger partial charge in [-0.2, -0.15) is 0 Å². The number of fused-ring (bicyclic) bond motifs is 1. The first kappa shape index (κ1) is 18.9. The summed E-state index contributed by atoms with van der Waals surface area (Å²) in [5, 5.41) is 2.64. The molecule has 2 unspecified atom stereocenters. The molecule has 2 atom stereocenters. The third-order valence-corrected chi connectivity index (χ3v) is 5.09. The Bertz CT molecular complexity index is 790. The second kappa shape index (κ2) is 7.38. The van der Waals surface area contributed by atoms with Gasteiger partial charge in [-0.3, -0.25) is 19.3 Å². The maximum atomic E-state index is 13.0. The Hall–Kier alpha value is -2.90. The summed E-state index contributed by atoms with van der Waals surface area (Å²) in [4.78, 5) is 54.1. The zero-order valence-corrected chi connectivity index (χ0v) is 15.8. The van der Waals surface area contributed by atoms with Crippen LogP contribution in [0.25, 0.3) is 0 Å². The number of imide groups is 1. The van der Waals surface area contributed by atoms with Crippen molar-refractivity contribution in [2.24, 2.45) is 0 Å². The van der Waals surface area contributed by atoms with E-state index in [4.69, 9.17) is 0 Å². The molecule has 27 heavy (non-hydrogen) atoms. The molecule has 1 N–H and O–H groups in total. The van der Waals surface area contributed by atoms with Gasteiger partial charge in [0.2, 0.25) is 11.8 Å². The van der Waals surface area contributed by atoms with E-state index in [2.05, 4.69) is 5.32 Å². The minimum Gasteiger partial charge on any atom is -0.341 e. The Balaban J connectivity index is 1.87. The van der Waals surface area contributed by atoms with Crippen molar-refractivity contribution in [2.45, 2.75) is 45.7 Å². The van der Waals surface area contributed by atoms with Crippen molar-refractivity contribution in [1.82, 2.24) is 9.80 Å². The van der Waals surface area contributed by atoms with Crippen LogP contribution < -0.4 is 10.2 Å². The molecule has 2 saturated heterocycles. The summed E-state index contributed by atoms with van der Waals surface area (Å²) in [7, 11) is 0. The van der Waals surface area contributed by atoms with Crippen molar-refractivity contribution in [2.75, 3.05) is 23.3 Å². The van der Waals surface area contributed by atoms with Crippen LogP contribution in [0.3, 0.4) is 0 Å². The average Bonchev–Trinajstić information content (AvgIpc) is 3.16. The lowest BCUT2D eigenvalue weighted by Gasteiger charge is -2.28. The highest BCUT2D eigenvalue weighted by Crippen LogP contribution is 2.36. The van der Waals surface area contributed by atoms with Gasteiger partial charge in [0.25, 0.3) is 5.91 Å². The fourth-order valence-corrected chi connectivity index (χ4v) is 3.83. The summed E-state index contributed by atoms with van der Waals surface area (Å²) < 4.78 is 0. The average molecular weight is 372 g/mol. The molecule has 0 aromatic heterocycles. The van der Waals surface area contributed by atoms with Crippen molar-refractivity contribution in [3.63, 3.8) is 0 Å². The maximum absolute atomic E-state index is 13.0. The second-order valence-corrected chi connectivity index (χ2v) is 6.71. The van der Waals surface area contributed by atoms with E-state index < -0.39 is 18.1 Å². The molecule has 2 heterocycles. The van der Waals surface area contributed by atoms with Crippen LogP contribution in [0.1, 0.15) is 33.6 Å². The SMILES string of the molecule is CCN(CC)C(=O)C1CCC2C(=O)N(c3cccc(NC(C)=O)c3)C(=O)N12. The Morgan fingerprint density at radius 3 is 2.52 bits per heavy atom. The molecule has 2 aliphatic rings. The number of amides is 5. The first-order valence-corrected chi connectivity index (χ1v) is 9.21. The molecule has 1 aromatic rings. The maximum Gasteiger partial charge on any atom is 0.332 e. The molecule has 0 aliphatic carbocycles. The van der Waals surface area contributed by atoms with E-state index in [9.17, 15) is 19.2 Å². The summed E-state index contributed by atoms with van der Waals surface area (Å²) in [5.74, 6) is -0.677. The normalized spacial score (nSPS) is 21.4. The molecular weight excluding hydrogens is 348 g/mol. The number of urea groups is 1. The van der Waals surface area contributed by atoms with E-state index in [1.165, 1.54) is 11.8 Å². The molecule has 1 aromatic carbocycles. The lowest BCUT2D eigenvalue weighted by Crippen LogP contribution is -2.48. The standard InChI is InChI=1S/C19H24N4O4/c1-4-21(5-2)17(25)15-9-10-16-18(26)22(19(27)23(15)16)14-8-6-7-13(11-14)20-12(3)24/h6-8,11,15-16H,4-5,9-10H2,1-3H3,(H,20,24). The molecular formula is C19H24N4O4. The summed E-state index contributed by atoms with van der Waals surface area (Å²) in [6.45, 7) is 6.30. The van der Waals surface area contributed by atoms with Crippen molar-refractivity contribution in [1.29, 1.82) is 0 Å². The van der Waals surface area contributed by atoms with Crippen LogP contribution in [-0.2, 0) is 14.4 Å². The summed E-state index contributed by atoms with van der Waals surface area (Å²) in [6, 6.07) is 4.90. The van der Waals surface area contributed by atoms with E-state index in [-0.39, 0.29) is 17.7 Å². The number of rotatable bonds is 5. The number of carbonyl (C=O) groups excluding carboxylic acids is 4. The van der Waals surface area contributed by atoms with Crippen molar-refractivity contribution in [3.05, 3.63) is 24.3 Å². The van der Waals surface area contributed by atoms with Gasteiger partial charge in [-0.15, -0.1) is 0 Å². The highest BCUT2D eigenvalue weighted by molar-refractivity contribution is 6.22. The monoisotopic (exact) mass is 372 g/mol. The highest BCUT2D eigenvalue weighted by Gasteiger charge is 2.54. The number of benzene rings is 1. The Kier molecular flexibility index (Phi) is 5.16. The zero-order chi connectivity index (χ0) is 19.7. The summed E-state index contributed by atoms with van der Waals surface area (Å²) in [5.41, 5.74) is 0.892. The molecule has 2 fully saturated rings. The van der Waals surface area contributed by atoms with Gasteiger partial charge < -0.3 is 10.2 Å². The first-order valence-electron chi connectivity index (χ1n) is 9.21. The minimum absolute atomic E-state index is 0.113. The fourth-order valence-electron chi connectivity index (χ4n) is 3.83. The minimum atomic E-state index is -0.605. The van der Waals surface area contributed by atoms with Crippen molar-refractivity contribution in [3.8, 4) is 0 Å². The predicted octanol–water partition coefficient (Wildman–Crippen LogP) is 1.81. The Morgan fingerprint density at radius 1 is 1.19 bits per heavy atom. The summed E-state index contributed by atoms with van der Waals surface area (Å²) in [6.07, 6.45) is 0.974. The zero-order valence-electron chi connectivity index (χ0n) is 15.8. The van der Waals surface area contributed by atoms with E-state index in [1.807, 2.05) is 13.8 Å². The van der Waals surface area contributed by atoms with Crippen LogP contribution >= 0.6 is 0 Å². The smallest absolute Gasteiger partial charge is 0.332 e. The van der Waals surface area contributed by atoms with Crippen molar-refractivity contribution < 1.29 is 19.2 Å². The van der Waals surface area contributed by atoms with Crippen LogP contribution in [0.5, 0.6) is 0 Å². The van der Waals surface area contributed by atoms with Gasteiger partial charge in [0, 0.05) is 25.7 Å².